The average Bonchev–Trinajstić information content (AvgIpc) is 2.55. The summed E-state index contributed by atoms with van der Waals surface area (Å²) in [5.41, 5.74) is 1.03. The molecule has 126 valence electrons. The van der Waals surface area contributed by atoms with Gasteiger partial charge < -0.3 is 9.47 Å². The van der Waals surface area contributed by atoms with Crippen LogP contribution in [0.1, 0.15) is 47.9 Å². The van der Waals surface area contributed by atoms with Crippen LogP contribution < -0.4 is 9.47 Å². The van der Waals surface area contributed by atoms with E-state index in [1.807, 2.05) is 0 Å². The molecule has 0 heterocycles. The third kappa shape index (κ3) is 5.23. The number of hydrogen-bond acceptors (Lipinski definition) is 4. The largest absolute Gasteiger partial charge is 0.494 e. The van der Waals surface area contributed by atoms with Gasteiger partial charge in [0, 0.05) is 5.56 Å². The molecule has 2 aromatic rings. The molecule has 0 N–H and O–H groups in total. The third-order valence-electron chi connectivity index (χ3n) is 3.53. The highest BCUT2D eigenvalue weighted by atomic mass is 16.5. The van der Waals surface area contributed by atoms with Crippen molar-refractivity contribution in [2.24, 2.45) is 5.92 Å². The quantitative estimate of drug-likeness (QED) is 0.426. The van der Waals surface area contributed by atoms with Gasteiger partial charge in [-0.25, -0.2) is 4.79 Å². The number of rotatable bonds is 7. The van der Waals surface area contributed by atoms with Gasteiger partial charge in [0.25, 0.3) is 0 Å². The van der Waals surface area contributed by atoms with Gasteiger partial charge in [-0.05, 0) is 67.8 Å². The van der Waals surface area contributed by atoms with Crippen LogP contribution in [-0.2, 0) is 0 Å². The fourth-order valence-corrected chi connectivity index (χ4v) is 2.02. The van der Waals surface area contributed by atoms with Gasteiger partial charge in [-0.1, -0.05) is 13.8 Å². The first-order valence-electron chi connectivity index (χ1n) is 8.01. The lowest BCUT2D eigenvalue weighted by molar-refractivity contribution is 0.0734. The van der Waals surface area contributed by atoms with E-state index in [4.69, 9.17) is 9.47 Å². The van der Waals surface area contributed by atoms with Crippen LogP contribution >= 0.6 is 0 Å². The minimum absolute atomic E-state index is 0.0269. The van der Waals surface area contributed by atoms with Crippen molar-refractivity contribution in [3.63, 3.8) is 0 Å². The zero-order valence-electron chi connectivity index (χ0n) is 14.2. The lowest BCUT2D eigenvalue weighted by Crippen LogP contribution is -2.08. The molecule has 0 radical (unpaired) electrons. The number of esters is 1. The van der Waals surface area contributed by atoms with Gasteiger partial charge >= 0.3 is 5.97 Å². The Labute approximate surface area is 142 Å². The van der Waals surface area contributed by atoms with Crippen molar-refractivity contribution in [1.82, 2.24) is 0 Å². The molecule has 0 aliphatic heterocycles. The first kappa shape index (κ1) is 17.7. The predicted molar refractivity (Wildman–Crippen MR) is 92.8 cm³/mol. The topological polar surface area (TPSA) is 52.6 Å². The maximum absolute atomic E-state index is 12.1. The molecule has 0 unspecified atom stereocenters. The molecule has 0 aliphatic rings. The first-order valence-corrected chi connectivity index (χ1v) is 8.01. The molecule has 2 aromatic carbocycles. The summed E-state index contributed by atoms with van der Waals surface area (Å²) < 4.78 is 10.9. The number of carbonyl (C=O) groups is 2. The third-order valence-corrected chi connectivity index (χ3v) is 3.53. The van der Waals surface area contributed by atoms with Crippen molar-refractivity contribution < 1.29 is 19.1 Å². The second-order valence-corrected chi connectivity index (χ2v) is 6.03. The maximum Gasteiger partial charge on any atom is 0.343 e. The van der Waals surface area contributed by atoms with Crippen LogP contribution in [0.25, 0.3) is 0 Å². The molecule has 0 aliphatic carbocycles. The van der Waals surface area contributed by atoms with Crippen molar-refractivity contribution in [2.75, 3.05) is 6.61 Å². The lowest BCUT2D eigenvalue weighted by Gasteiger charge is -2.09. The smallest absolute Gasteiger partial charge is 0.343 e. The summed E-state index contributed by atoms with van der Waals surface area (Å²) in [6.45, 7) is 6.44. The van der Waals surface area contributed by atoms with Crippen LogP contribution in [0, 0.1) is 5.92 Å². The highest BCUT2D eigenvalue weighted by molar-refractivity contribution is 5.94. The summed E-state index contributed by atoms with van der Waals surface area (Å²) in [5, 5.41) is 0. The molecule has 0 aromatic heterocycles. The van der Waals surface area contributed by atoms with Gasteiger partial charge in [-0.3, -0.25) is 4.79 Å². The molecule has 0 saturated heterocycles. The van der Waals surface area contributed by atoms with Crippen LogP contribution in [0.3, 0.4) is 0 Å². The number of Topliss-reactive ketones (excluding diaryl/α,β-unsaturated/α-hetero) is 1. The van der Waals surface area contributed by atoms with Crippen LogP contribution in [0.4, 0.5) is 0 Å². The molecule has 24 heavy (non-hydrogen) atoms. The molecule has 2 rings (SSSR count). The standard InChI is InChI=1S/C20H22O4/c1-14(2)12-13-23-18-8-6-17(7-9-18)20(22)24-19-10-4-16(5-11-19)15(3)21/h4-11,14H,12-13H2,1-3H3. The SMILES string of the molecule is CC(=O)c1ccc(OC(=O)c2ccc(OCCC(C)C)cc2)cc1. The normalized spacial score (nSPS) is 10.5. The summed E-state index contributed by atoms with van der Waals surface area (Å²) >= 11 is 0. The van der Waals surface area contributed by atoms with E-state index < -0.39 is 5.97 Å². The molecule has 4 nitrogen and oxygen atoms in total. The van der Waals surface area contributed by atoms with Crippen molar-refractivity contribution in [2.45, 2.75) is 27.2 Å². The van der Waals surface area contributed by atoms with Gasteiger partial charge in [0.15, 0.2) is 5.78 Å². The number of ether oxygens (including phenoxy) is 2. The van der Waals surface area contributed by atoms with Crippen LogP contribution in [0.15, 0.2) is 48.5 Å². The molecule has 0 bridgehead atoms. The lowest BCUT2D eigenvalue weighted by atomic mass is 10.1. The Morgan fingerprint density at radius 1 is 0.875 bits per heavy atom. The zero-order chi connectivity index (χ0) is 17.5. The highest BCUT2D eigenvalue weighted by Crippen LogP contribution is 2.17. The minimum atomic E-state index is -0.445. The second-order valence-electron chi connectivity index (χ2n) is 6.03. The Balaban J connectivity index is 1.93. The summed E-state index contributed by atoms with van der Waals surface area (Å²) in [7, 11) is 0. The Bertz CT molecular complexity index is 685. The summed E-state index contributed by atoms with van der Waals surface area (Å²) in [6, 6.07) is 13.4. The van der Waals surface area contributed by atoms with E-state index in [9.17, 15) is 9.59 Å². The minimum Gasteiger partial charge on any atom is -0.494 e. The number of benzene rings is 2. The van der Waals surface area contributed by atoms with E-state index in [0.29, 0.717) is 29.4 Å². The second kappa shape index (κ2) is 8.29. The summed E-state index contributed by atoms with van der Waals surface area (Å²) in [6.07, 6.45) is 0.986. The van der Waals surface area contributed by atoms with E-state index in [-0.39, 0.29) is 5.78 Å². The van der Waals surface area contributed by atoms with Crippen molar-refractivity contribution >= 4 is 11.8 Å². The van der Waals surface area contributed by atoms with Gasteiger partial charge in [0.2, 0.25) is 0 Å². The Kier molecular flexibility index (Phi) is 6.13. The van der Waals surface area contributed by atoms with Gasteiger partial charge in [0.1, 0.15) is 11.5 Å². The molecule has 0 atom stereocenters. The van der Waals surface area contributed by atoms with Gasteiger partial charge in [-0.15, -0.1) is 0 Å². The highest BCUT2D eigenvalue weighted by Gasteiger charge is 2.09. The molecule has 0 saturated carbocycles. The van der Waals surface area contributed by atoms with Crippen LogP contribution in [0.5, 0.6) is 11.5 Å². The van der Waals surface area contributed by atoms with Crippen molar-refractivity contribution in [3.8, 4) is 11.5 Å². The van der Waals surface area contributed by atoms with E-state index >= 15 is 0 Å². The Morgan fingerprint density at radius 2 is 1.42 bits per heavy atom. The first-order chi connectivity index (χ1) is 11.5. The number of carbonyl (C=O) groups excluding carboxylic acids is 2. The van der Waals surface area contributed by atoms with E-state index in [1.165, 1.54) is 6.92 Å². The zero-order valence-corrected chi connectivity index (χ0v) is 14.2. The van der Waals surface area contributed by atoms with Gasteiger partial charge in [-0.2, -0.15) is 0 Å². The molecular weight excluding hydrogens is 304 g/mol. The van der Waals surface area contributed by atoms with Crippen molar-refractivity contribution in [1.29, 1.82) is 0 Å². The van der Waals surface area contributed by atoms with Crippen LogP contribution in [-0.4, -0.2) is 18.4 Å². The summed E-state index contributed by atoms with van der Waals surface area (Å²) in [5.74, 6) is 1.26. The molecule has 0 spiro atoms. The Morgan fingerprint density at radius 3 is 1.96 bits per heavy atom. The van der Waals surface area contributed by atoms with E-state index in [1.54, 1.807) is 48.5 Å². The van der Waals surface area contributed by atoms with E-state index in [2.05, 4.69) is 13.8 Å². The molecule has 4 heteroatoms. The van der Waals surface area contributed by atoms with Crippen LogP contribution in [0.2, 0.25) is 0 Å². The Hall–Kier alpha value is -2.62. The molecular formula is C20H22O4. The predicted octanol–water partition coefficient (Wildman–Crippen LogP) is 4.53. The molecule has 0 amide bonds. The maximum atomic E-state index is 12.1. The monoisotopic (exact) mass is 326 g/mol. The average molecular weight is 326 g/mol. The fraction of sp³-hybridized carbons (Fsp3) is 0.300. The fourth-order valence-electron chi connectivity index (χ4n) is 2.02. The molecule has 0 fully saturated rings. The number of hydrogen-bond donors (Lipinski definition) is 0. The van der Waals surface area contributed by atoms with Crippen molar-refractivity contribution in [3.05, 3.63) is 59.7 Å². The van der Waals surface area contributed by atoms with Gasteiger partial charge in [0.05, 0.1) is 12.2 Å². The van der Waals surface area contributed by atoms with E-state index in [0.717, 1.165) is 12.2 Å². The number of ketones is 1. The summed E-state index contributed by atoms with van der Waals surface area (Å²) in [4.78, 5) is 23.3.